The Bertz CT molecular complexity index is 686. The van der Waals surface area contributed by atoms with Crippen LogP contribution in [0, 0.1) is 11.3 Å². The maximum absolute atomic E-state index is 11.5. The number of rotatable bonds is 2. The number of hydrogen-bond donors (Lipinski definition) is 1. The van der Waals surface area contributed by atoms with Gasteiger partial charge in [0.15, 0.2) is 0 Å². The van der Waals surface area contributed by atoms with Crippen molar-refractivity contribution in [2.75, 3.05) is 0 Å². The number of aromatic amines is 1. The van der Waals surface area contributed by atoms with Crippen LogP contribution in [0.3, 0.4) is 0 Å². The van der Waals surface area contributed by atoms with Crippen molar-refractivity contribution in [2.24, 2.45) is 0 Å². The Morgan fingerprint density at radius 3 is 2.78 bits per heavy atom. The second-order valence-corrected chi connectivity index (χ2v) is 4.55. The predicted molar refractivity (Wildman–Crippen MR) is 71.8 cm³/mol. The van der Waals surface area contributed by atoms with Crippen LogP contribution in [0.2, 0.25) is 10.0 Å². The molecule has 18 heavy (non-hydrogen) atoms. The van der Waals surface area contributed by atoms with E-state index in [0.29, 0.717) is 15.6 Å². The van der Waals surface area contributed by atoms with Gasteiger partial charge in [-0.1, -0.05) is 23.2 Å². The third-order valence-corrected chi connectivity index (χ3v) is 3.05. The Hall–Kier alpha value is -1.76. The number of benzene rings is 1. The van der Waals surface area contributed by atoms with Crippen molar-refractivity contribution >= 4 is 23.2 Å². The first kappa shape index (κ1) is 12.7. The molecule has 5 heteroatoms. The van der Waals surface area contributed by atoms with Crippen LogP contribution >= 0.6 is 23.2 Å². The highest BCUT2D eigenvalue weighted by molar-refractivity contribution is 6.35. The first-order valence-corrected chi connectivity index (χ1v) is 5.91. The van der Waals surface area contributed by atoms with Gasteiger partial charge in [0.1, 0.15) is 0 Å². The molecule has 2 aromatic rings. The van der Waals surface area contributed by atoms with Crippen LogP contribution in [0.25, 0.3) is 11.1 Å². The van der Waals surface area contributed by atoms with Gasteiger partial charge in [0.25, 0.3) is 5.56 Å². The van der Waals surface area contributed by atoms with E-state index in [1.54, 1.807) is 30.5 Å². The fraction of sp³-hybridized carbons (Fsp3) is 0.0769. The summed E-state index contributed by atoms with van der Waals surface area (Å²) in [7, 11) is 0. The van der Waals surface area contributed by atoms with Crippen molar-refractivity contribution in [3.05, 3.63) is 56.4 Å². The summed E-state index contributed by atoms with van der Waals surface area (Å²) in [6, 6.07) is 8.70. The first-order valence-electron chi connectivity index (χ1n) is 5.16. The molecule has 3 nitrogen and oxygen atoms in total. The van der Waals surface area contributed by atoms with E-state index in [2.05, 4.69) is 4.98 Å². The Morgan fingerprint density at radius 2 is 2.06 bits per heavy atom. The van der Waals surface area contributed by atoms with Gasteiger partial charge in [0.2, 0.25) is 0 Å². The topological polar surface area (TPSA) is 56.6 Å². The Morgan fingerprint density at radius 1 is 1.28 bits per heavy atom. The summed E-state index contributed by atoms with van der Waals surface area (Å²) in [6.45, 7) is 0. The number of halogens is 2. The minimum absolute atomic E-state index is 0.0569. The van der Waals surface area contributed by atoms with Crippen molar-refractivity contribution in [2.45, 2.75) is 6.42 Å². The van der Waals surface area contributed by atoms with Crippen LogP contribution in [0.5, 0.6) is 0 Å². The van der Waals surface area contributed by atoms with E-state index < -0.39 is 0 Å². The van der Waals surface area contributed by atoms with Crippen molar-refractivity contribution in [1.82, 2.24) is 4.98 Å². The lowest BCUT2D eigenvalue weighted by atomic mass is 10.0. The van der Waals surface area contributed by atoms with Gasteiger partial charge in [0, 0.05) is 27.4 Å². The van der Waals surface area contributed by atoms with E-state index in [0.717, 1.165) is 11.1 Å². The SMILES string of the molecule is N#CCc1cc(-c2cc(Cl)ccc2Cl)c[nH]c1=O. The second-order valence-electron chi connectivity index (χ2n) is 3.70. The number of hydrogen-bond acceptors (Lipinski definition) is 2. The molecule has 0 saturated heterocycles. The molecule has 0 amide bonds. The molecule has 0 spiro atoms. The first-order chi connectivity index (χ1) is 8.61. The summed E-state index contributed by atoms with van der Waals surface area (Å²) in [4.78, 5) is 14.1. The third-order valence-electron chi connectivity index (χ3n) is 2.49. The Kier molecular flexibility index (Phi) is 3.71. The Labute approximate surface area is 114 Å². The number of aromatic nitrogens is 1. The largest absolute Gasteiger partial charge is 0.328 e. The molecule has 1 aromatic heterocycles. The standard InChI is InChI=1S/C13H8Cl2N2O/c14-10-1-2-12(15)11(6-10)9-5-8(3-4-16)13(18)17-7-9/h1-2,5-7H,3H2,(H,17,18). The fourth-order valence-corrected chi connectivity index (χ4v) is 2.02. The molecule has 0 unspecified atom stereocenters. The molecular weight excluding hydrogens is 271 g/mol. The zero-order valence-corrected chi connectivity index (χ0v) is 10.7. The minimum Gasteiger partial charge on any atom is -0.328 e. The highest BCUT2D eigenvalue weighted by Crippen LogP contribution is 2.30. The summed E-state index contributed by atoms with van der Waals surface area (Å²) in [5, 5.41) is 9.75. The van der Waals surface area contributed by atoms with Gasteiger partial charge in [0.05, 0.1) is 12.5 Å². The molecule has 90 valence electrons. The van der Waals surface area contributed by atoms with Crippen LogP contribution in [0.1, 0.15) is 5.56 Å². The van der Waals surface area contributed by atoms with Crippen molar-refractivity contribution in [3.63, 3.8) is 0 Å². The lowest BCUT2D eigenvalue weighted by molar-refractivity contribution is 1.13. The number of pyridine rings is 1. The molecule has 1 aromatic carbocycles. The van der Waals surface area contributed by atoms with E-state index in [4.69, 9.17) is 28.5 Å². The molecule has 1 N–H and O–H groups in total. The number of nitriles is 1. The molecule has 0 aliphatic heterocycles. The van der Waals surface area contributed by atoms with Gasteiger partial charge in [-0.15, -0.1) is 0 Å². The number of nitrogens with zero attached hydrogens (tertiary/aromatic N) is 1. The molecule has 0 fully saturated rings. The number of H-pyrrole nitrogens is 1. The van der Waals surface area contributed by atoms with E-state index in [9.17, 15) is 4.79 Å². The summed E-state index contributed by atoms with van der Waals surface area (Å²) in [5.74, 6) is 0. The Balaban J connectivity index is 2.58. The van der Waals surface area contributed by atoms with Crippen LogP contribution in [0.15, 0.2) is 35.3 Å². The van der Waals surface area contributed by atoms with Gasteiger partial charge in [-0.2, -0.15) is 5.26 Å². The van der Waals surface area contributed by atoms with Crippen LogP contribution in [-0.4, -0.2) is 4.98 Å². The highest BCUT2D eigenvalue weighted by Gasteiger charge is 2.07. The molecule has 0 aliphatic rings. The molecular formula is C13H8Cl2N2O. The van der Waals surface area contributed by atoms with Gasteiger partial charge < -0.3 is 4.98 Å². The van der Waals surface area contributed by atoms with Crippen LogP contribution < -0.4 is 5.56 Å². The monoisotopic (exact) mass is 278 g/mol. The van der Waals surface area contributed by atoms with E-state index in [1.807, 2.05) is 6.07 Å². The van der Waals surface area contributed by atoms with Crippen molar-refractivity contribution < 1.29 is 0 Å². The van der Waals surface area contributed by atoms with Crippen LogP contribution in [-0.2, 0) is 6.42 Å². The molecule has 2 rings (SSSR count). The normalized spacial score (nSPS) is 10.1. The van der Waals surface area contributed by atoms with Gasteiger partial charge >= 0.3 is 0 Å². The molecule has 0 saturated carbocycles. The van der Waals surface area contributed by atoms with Crippen molar-refractivity contribution in [1.29, 1.82) is 5.26 Å². The predicted octanol–water partition coefficient (Wildman–Crippen LogP) is 3.41. The van der Waals surface area contributed by atoms with Gasteiger partial charge in [-0.3, -0.25) is 4.79 Å². The average Bonchev–Trinajstić information content (AvgIpc) is 2.35. The van der Waals surface area contributed by atoms with Crippen molar-refractivity contribution in [3.8, 4) is 17.2 Å². The molecule has 0 bridgehead atoms. The lowest BCUT2D eigenvalue weighted by Crippen LogP contribution is -2.11. The average molecular weight is 279 g/mol. The summed E-state index contributed by atoms with van der Waals surface area (Å²) in [5.41, 5.74) is 1.59. The molecule has 0 atom stereocenters. The summed E-state index contributed by atoms with van der Waals surface area (Å²) >= 11 is 12.0. The smallest absolute Gasteiger partial charge is 0.252 e. The summed E-state index contributed by atoms with van der Waals surface area (Å²) in [6.07, 6.45) is 1.61. The van der Waals surface area contributed by atoms with E-state index >= 15 is 0 Å². The zero-order valence-electron chi connectivity index (χ0n) is 9.21. The maximum Gasteiger partial charge on any atom is 0.252 e. The minimum atomic E-state index is -0.265. The van der Waals surface area contributed by atoms with E-state index in [-0.39, 0.29) is 12.0 Å². The quantitative estimate of drug-likeness (QED) is 0.915. The zero-order chi connectivity index (χ0) is 13.1. The highest BCUT2D eigenvalue weighted by atomic mass is 35.5. The number of nitrogens with one attached hydrogen (secondary N) is 1. The maximum atomic E-state index is 11.5. The van der Waals surface area contributed by atoms with E-state index in [1.165, 1.54) is 0 Å². The molecule has 0 radical (unpaired) electrons. The molecule has 1 heterocycles. The van der Waals surface area contributed by atoms with Gasteiger partial charge in [-0.25, -0.2) is 0 Å². The fourth-order valence-electron chi connectivity index (χ4n) is 1.62. The molecule has 0 aliphatic carbocycles. The lowest BCUT2D eigenvalue weighted by Gasteiger charge is -2.06. The third kappa shape index (κ3) is 2.56. The second kappa shape index (κ2) is 5.26. The van der Waals surface area contributed by atoms with Gasteiger partial charge in [-0.05, 0) is 29.8 Å². The van der Waals surface area contributed by atoms with Crippen LogP contribution in [0.4, 0.5) is 0 Å². The summed E-state index contributed by atoms with van der Waals surface area (Å²) < 4.78 is 0.